The molecule has 7 heteroatoms. The second-order valence-corrected chi connectivity index (χ2v) is 3.55. The van der Waals surface area contributed by atoms with Crippen molar-refractivity contribution in [1.82, 2.24) is 15.3 Å². The number of carbonyl (C=O) groups is 1. The van der Waals surface area contributed by atoms with Crippen LogP contribution in [0.2, 0.25) is 0 Å². The third-order valence-corrected chi connectivity index (χ3v) is 2.27. The van der Waals surface area contributed by atoms with Crippen molar-refractivity contribution in [3.05, 3.63) is 11.9 Å². The van der Waals surface area contributed by atoms with Crippen LogP contribution in [0.5, 0.6) is 0 Å². The molecule has 94 valence electrons. The molecule has 0 spiro atoms. The van der Waals surface area contributed by atoms with Crippen LogP contribution in [0.15, 0.2) is 6.07 Å². The molecular weight excluding hydrogens is 220 g/mol. The fourth-order valence-electron chi connectivity index (χ4n) is 1.29. The Bertz CT molecular complexity index is 372. The second-order valence-electron chi connectivity index (χ2n) is 3.55. The SMILES string of the molecule is CCc1nc(NN)cc(N(C)CC(=O)NC)n1. The molecule has 0 saturated carbocycles. The fraction of sp³-hybridized carbons (Fsp3) is 0.500. The van der Waals surface area contributed by atoms with Crippen molar-refractivity contribution in [1.29, 1.82) is 0 Å². The van der Waals surface area contributed by atoms with Crippen molar-refractivity contribution in [3.8, 4) is 0 Å². The molecule has 1 heterocycles. The maximum atomic E-state index is 11.3. The predicted octanol–water partition coefficient (Wildman–Crippen LogP) is -0.493. The normalized spacial score (nSPS) is 9.88. The quantitative estimate of drug-likeness (QED) is 0.473. The van der Waals surface area contributed by atoms with E-state index in [-0.39, 0.29) is 12.5 Å². The summed E-state index contributed by atoms with van der Waals surface area (Å²) in [6, 6.07) is 1.70. The number of hydrogen-bond acceptors (Lipinski definition) is 6. The van der Waals surface area contributed by atoms with Gasteiger partial charge in [0.1, 0.15) is 17.5 Å². The first kappa shape index (κ1) is 13.2. The van der Waals surface area contributed by atoms with E-state index in [9.17, 15) is 4.79 Å². The lowest BCUT2D eigenvalue weighted by Gasteiger charge is -2.18. The van der Waals surface area contributed by atoms with Gasteiger partial charge in [-0.2, -0.15) is 0 Å². The summed E-state index contributed by atoms with van der Waals surface area (Å²) in [5.41, 5.74) is 2.49. The molecule has 0 saturated heterocycles. The smallest absolute Gasteiger partial charge is 0.239 e. The summed E-state index contributed by atoms with van der Waals surface area (Å²) < 4.78 is 0. The van der Waals surface area contributed by atoms with E-state index in [0.29, 0.717) is 23.9 Å². The summed E-state index contributed by atoms with van der Waals surface area (Å²) in [6.45, 7) is 2.19. The number of aromatic nitrogens is 2. The fourth-order valence-corrected chi connectivity index (χ4v) is 1.29. The summed E-state index contributed by atoms with van der Waals surface area (Å²) >= 11 is 0. The number of rotatable bonds is 5. The van der Waals surface area contributed by atoms with Crippen LogP contribution in [0.3, 0.4) is 0 Å². The van der Waals surface area contributed by atoms with Gasteiger partial charge in [-0.15, -0.1) is 0 Å². The number of nitrogens with one attached hydrogen (secondary N) is 2. The van der Waals surface area contributed by atoms with Gasteiger partial charge in [-0.1, -0.05) is 6.92 Å². The van der Waals surface area contributed by atoms with Gasteiger partial charge in [0.2, 0.25) is 5.91 Å². The van der Waals surface area contributed by atoms with Crippen LogP contribution in [0.25, 0.3) is 0 Å². The Morgan fingerprint density at radius 1 is 1.53 bits per heavy atom. The summed E-state index contributed by atoms with van der Waals surface area (Å²) in [6.07, 6.45) is 0.705. The average molecular weight is 238 g/mol. The number of carbonyl (C=O) groups excluding carboxylic acids is 1. The van der Waals surface area contributed by atoms with E-state index in [2.05, 4.69) is 20.7 Å². The van der Waals surface area contributed by atoms with Crippen LogP contribution >= 0.6 is 0 Å². The molecular formula is C10H18N6O. The molecule has 17 heavy (non-hydrogen) atoms. The molecule has 0 bridgehead atoms. The van der Waals surface area contributed by atoms with Gasteiger partial charge in [-0.3, -0.25) is 4.79 Å². The minimum absolute atomic E-state index is 0.0774. The largest absolute Gasteiger partial charge is 0.358 e. The van der Waals surface area contributed by atoms with E-state index in [1.165, 1.54) is 0 Å². The molecule has 1 aromatic rings. The lowest BCUT2D eigenvalue weighted by molar-refractivity contribution is -0.119. The third kappa shape index (κ3) is 3.56. The van der Waals surface area contributed by atoms with E-state index < -0.39 is 0 Å². The minimum Gasteiger partial charge on any atom is -0.358 e. The number of nitrogens with two attached hydrogens (primary N) is 1. The highest BCUT2D eigenvalue weighted by Gasteiger charge is 2.10. The Balaban J connectivity index is 2.91. The molecule has 0 unspecified atom stereocenters. The van der Waals surface area contributed by atoms with E-state index in [1.807, 2.05) is 6.92 Å². The lowest BCUT2D eigenvalue weighted by Crippen LogP contribution is -2.33. The molecule has 7 nitrogen and oxygen atoms in total. The number of hydrogen-bond donors (Lipinski definition) is 3. The summed E-state index contributed by atoms with van der Waals surface area (Å²) in [7, 11) is 3.39. The van der Waals surface area contributed by atoms with Crippen molar-refractivity contribution in [2.75, 3.05) is 31.0 Å². The molecule has 0 atom stereocenters. The van der Waals surface area contributed by atoms with Gasteiger partial charge in [0.05, 0.1) is 6.54 Å². The van der Waals surface area contributed by atoms with Crippen molar-refractivity contribution in [2.45, 2.75) is 13.3 Å². The molecule has 1 rings (SSSR count). The second kappa shape index (κ2) is 6.00. The number of aryl methyl sites for hydroxylation is 1. The van der Waals surface area contributed by atoms with E-state index in [1.54, 1.807) is 25.1 Å². The predicted molar refractivity (Wildman–Crippen MR) is 66.6 cm³/mol. The molecule has 0 aliphatic carbocycles. The first-order valence-electron chi connectivity index (χ1n) is 5.37. The number of amides is 1. The Morgan fingerprint density at radius 2 is 2.24 bits per heavy atom. The highest BCUT2D eigenvalue weighted by atomic mass is 16.1. The highest BCUT2D eigenvalue weighted by Crippen LogP contribution is 2.14. The lowest BCUT2D eigenvalue weighted by atomic mass is 10.4. The molecule has 0 fully saturated rings. The van der Waals surface area contributed by atoms with Gasteiger partial charge in [-0.05, 0) is 0 Å². The molecule has 1 amide bonds. The maximum absolute atomic E-state index is 11.3. The number of hydrazine groups is 1. The van der Waals surface area contributed by atoms with Crippen molar-refractivity contribution < 1.29 is 4.79 Å². The Kier molecular flexibility index (Phi) is 4.65. The number of anilines is 2. The maximum Gasteiger partial charge on any atom is 0.239 e. The Hall–Kier alpha value is -1.89. The molecule has 0 aliphatic heterocycles. The van der Waals surface area contributed by atoms with E-state index >= 15 is 0 Å². The number of nitrogen functional groups attached to an aromatic ring is 1. The first-order valence-corrected chi connectivity index (χ1v) is 5.37. The van der Waals surface area contributed by atoms with Crippen LogP contribution in [0.4, 0.5) is 11.6 Å². The highest BCUT2D eigenvalue weighted by molar-refractivity contribution is 5.80. The van der Waals surface area contributed by atoms with E-state index in [4.69, 9.17) is 5.84 Å². The van der Waals surface area contributed by atoms with Crippen LogP contribution < -0.4 is 21.5 Å². The van der Waals surface area contributed by atoms with Gasteiger partial charge in [0.15, 0.2) is 0 Å². The Morgan fingerprint density at radius 3 is 2.76 bits per heavy atom. The zero-order chi connectivity index (χ0) is 12.8. The third-order valence-electron chi connectivity index (χ3n) is 2.27. The number of likely N-dealkylation sites (N-methyl/N-ethyl adjacent to an activating group) is 2. The molecule has 0 aliphatic rings. The van der Waals surface area contributed by atoms with Crippen molar-refractivity contribution >= 4 is 17.5 Å². The summed E-state index contributed by atoms with van der Waals surface area (Å²) in [5, 5.41) is 2.56. The zero-order valence-electron chi connectivity index (χ0n) is 10.3. The van der Waals surface area contributed by atoms with Gasteiger partial charge in [0, 0.05) is 26.6 Å². The molecule has 4 N–H and O–H groups in total. The minimum atomic E-state index is -0.0774. The monoisotopic (exact) mass is 238 g/mol. The van der Waals surface area contributed by atoms with Gasteiger partial charge in [0.25, 0.3) is 0 Å². The summed E-state index contributed by atoms with van der Waals surface area (Å²) in [4.78, 5) is 21.5. The van der Waals surface area contributed by atoms with Crippen LogP contribution in [-0.2, 0) is 11.2 Å². The molecule has 0 aromatic carbocycles. The van der Waals surface area contributed by atoms with E-state index in [0.717, 1.165) is 0 Å². The van der Waals surface area contributed by atoms with Gasteiger partial charge < -0.3 is 15.6 Å². The standard InChI is InChI=1S/C10H18N6O/c1-4-7-13-8(15-11)5-9(14-7)16(3)6-10(17)12-2/h5H,4,6,11H2,1-3H3,(H,12,17)(H,13,14,15). The average Bonchev–Trinajstić information content (AvgIpc) is 2.37. The molecule has 0 radical (unpaired) electrons. The first-order chi connectivity index (χ1) is 8.10. The van der Waals surface area contributed by atoms with Crippen molar-refractivity contribution in [2.24, 2.45) is 5.84 Å². The summed E-state index contributed by atoms with van der Waals surface area (Å²) in [5.74, 6) is 7.13. The number of nitrogens with zero attached hydrogens (tertiary/aromatic N) is 3. The van der Waals surface area contributed by atoms with Crippen LogP contribution in [-0.4, -0.2) is 36.5 Å². The molecule has 1 aromatic heterocycles. The zero-order valence-corrected chi connectivity index (χ0v) is 10.3. The van der Waals surface area contributed by atoms with Gasteiger partial charge in [-0.25, -0.2) is 15.8 Å². The van der Waals surface area contributed by atoms with Gasteiger partial charge >= 0.3 is 0 Å². The Labute approximate surface area is 100 Å². The van der Waals surface area contributed by atoms with Crippen LogP contribution in [0, 0.1) is 0 Å². The van der Waals surface area contributed by atoms with Crippen LogP contribution in [0.1, 0.15) is 12.7 Å². The van der Waals surface area contributed by atoms with Crippen molar-refractivity contribution in [3.63, 3.8) is 0 Å². The topological polar surface area (TPSA) is 96.2 Å².